The number of esters is 1. The van der Waals surface area contributed by atoms with Crippen LogP contribution in [-0.4, -0.2) is 40.1 Å². The fraction of sp³-hybridized carbons (Fsp3) is 0.222. The van der Waals surface area contributed by atoms with Crippen molar-refractivity contribution in [1.29, 1.82) is 0 Å². The number of benzene rings is 2. The maximum atomic E-state index is 12.2. The topological polar surface area (TPSA) is 111 Å². The number of anilines is 1. The molecule has 11 heteroatoms. The number of para-hydroxylation sites is 2. The monoisotopic (exact) mass is 460 g/mol. The zero-order valence-electron chi connectivity index (χ0n) is 15.3. The highest BCUT2D eigenvalue weighted by molar-refractivity contribution is 7.89. The zero-order chi connectivity index (χ0) is 21.4. The lowest BCUT2D eigenvalue weighted by atomic mass is 10.3. The second-order valence-corrected chi connectivity index (χ2v) is 8.12. The van der Waals surface area contributed by atoms with E-state index < -0.39 is 35.1 Å². The summed E-state index contributed by atoms with van der Waals surface area (Å²) in [6.45, 7) is 0.972. The summed E-state index contributed by atoms with van der Waals surface area (Å²) in [6.07, 6.45) is 0. The molecule has 0 bridgehead atoms. The Labute approximate surface area is 178 Å². The Hall–Kier alpha value is -2.33. The summed E-state index contributed by atoms with van der Waals surface area (Å²) in [7, 11) is -4.00. The van der Waals surface area contributed by atoms with Crippen LogP contribution < -0.4 is 14.8 Å². The smallest absolute Gasteiger partial charge is 0.321 e. The maximum absolute atomic E-state index is 12.2. The van der Waals surface area contributed by atoms with Crippen LogP contribution in [0.15, 0.2) is 47.4 Å². The van der Waals surface area contributed by atoms with E-state index in [2.05, 4.69) is 10.0 Å². The molecular weight excluding hydrogens is 443 g/mol. The molecule has 0 aromatic heterocycles. The van der Waals surface area contributed by atoms with E-state index in [4.69, 9.17) is 32.7 Å². The van der Waals surface area contributed by atoms with Crippen molar-refractivity contribution in [3.05, 3.63) is 52.5 Å². The summed E-state index contributed by atoms with van der Waals surface area (Å²) >= 11 is 11.5. The van der Waals surface area contributed by atoms with E-state index in [9.17, 15) is 18.0 Å². The number of rotatable bonds is 9. The molecule has 2 N–H and O–H groups in total. The van der Waals surface area contributed by atoms with Crippen LogP contribution in [0.4, 0.5) is 5.69 Å². The van der Waals surface area contributed by atoms with Crippen molar-refractivity contribution in [2.24, 2.45) is 0 Å². The number of nitrogens with one attached hydrogen (secondary N) is 2. The predicted molar refractivity (Wildman–Crippen MR) is 109 cm³/mol. The van der Waals surface area contributed by atoms with Crippen molar-refractivity contribution in [2.45, 2.75) is 11.8 Å². The van der Waals surface area contributed by atoms with Gasteiger partial charge in [-0.1, -0.05) is 35.3 Å². The summed E-state index contributed by atoms with van der Waals surface area (Å²) in [5, 5.41) is 2.81. The number of hydrogen-bond acceptors (Lipinski definition) is 6. The van der Waals surface area contributed by atoms with Gasteiger partial charge in [-0.15, -0.1) is 0 Å². The molecular formula is C18H18Cl2N2O6S. The molecule has 0 saturated carbocycles. The molecule has 2 aromatic rings. The molecule has 0 aliphatic carbocycles. The normalized spacial score (nSPS) is 11.0. The quantitative estimate of drug-likeness (QED) is 0.556. The minimum absolute atomic E-state index is 0.0566. The Balaban J connectivity index is 1.85. The van der Waals surface area contributed by atoms with Gasteiger partial charge in [-0.2, -0.15) is 4.72 Å². The molecule has 8 nitrogen and oxygen atoms in total. The van der Waals surface area contributed by atoms with E-state index in [1.807, 2.05) is 0 Å². The van der Waals surface area contributed by atoms with Crippen LogP contribution in [0, 0.1) is 0 Å². The van der Waals surface area contributed by atoms with E-state index in [0.717, 1.165) is 6.07 Å². The van der Waals surface area contributed by atoms with Crippen LogP contribution in [0.5, 0.6) is 5.75 Å². The maximum Gasteiger partial charge on any atom is 0.321 e. The first-order valence-corrected chi connectivity index (χ1v) is 10.6. The van der Waals surface area contributed by atoms with Gasteiger partial charge in [0.15, 0.2) is 6.61 Å². The van der Waals surface area contributed by atoms with Crippen molar-refractivity contribution >= 4 is 50.8 Å². The van der Waals surface area contributed by atoms with Crippen LogP contribution in [0.2, 0.25) is 10.0 Å². The van der Waals surface area contributed by atoms with E-state index in [1.54, 1.807) is 31.2 Å². The lowest BCUT2D eigenvalue weighted by molar-refractivity contribution is -0.146. The van der Waals surface area contributed by atoms with Gasteiger partial charge in [0, 0.05) is 0 Å². The van der Waals surface area contributed by atoms with E-state index >= 15 is 0 Å². The first-order chi connectivity index (χ1) is 13.7. The van der Waals surface area contributed by atoms with Gasteiger partial charge in [-0.3, -0.25) is 9.59 Å². The molecule has 2 aromatic carbocycles. The van der Waals surface area contributed by atoms with Crippen molar-refractivity contribution < 1.29 is 27.5 Å². The summed E-state index contributed by atoms with van der Waals surface area (Å²) in [4.78, 5) is 23.6. The average molecular weight is 461 g/mol. The van der Waals surface area contributed by atoms with E-state index in [0.29, 0.717) is 18.0 Å². The summed E-state index contributed by atoms with van der Waals surface area (Å²) in [5.41, 5.74) is 0.427. The standard InChI is InChI=1S/C18H18Cl2N2O6S/c1-2-27-16-6-4-3-5-15(16)22-17(23)11-28-18(24)10-21-29(25,26)12-7-8-13(19)14(20)9-12/h3-9,21H,2,10-11H2,1H3,(H,22,23). The van der Waals surface area contributed by atoms with Crippen LogP contribution in [0.3, 0.4) is 0 Å². The van der Waals surface area contributed by atoms with Crippen LogP contribution >= 0.6 is 23.2 Å². The highest BCUT2D eigenvalue weighted by atomic mass is 35.5. The molecule has 0 unspecified atom stereocenters. The number of ether oxygens (including phenoxy) is 2. The van der Waals surface area contributed by atoms with Crippen LogP contribution in [0.1, 0.15) is 6.92 Å². The lowest BCUT2D eigenvalue weighted by Crippen LogP contribution is -2.32. The largest absolute Gasteiger partial charge is 0.492 e. The Morgan fingerprint density at radius 3 is 2.48 bits per heavy atom. The van der Waals surface area contributed by atoms with E-state index in [1.165, 1.54) is 12.1 Å². The molecule has 156 valence electrons. The van der Waals surface area contributed by atoms with Gasteiger partial charge in [0.25, 0.3) is 5.91 Å². The second kappa shape index (κ2) is 10.4. The summed E-state index contributed by atoms with van der Waals surface area (Å²) < 4.78 is 36.6. The molecule has 0 aliphatic heterocycles. The van der Waals surface area contributed by atoms with Gasteiger partial charge in [0.2, 0.25) is 10.0 Å². The summed E-state index contributed by atoms with van der Waals surface area (Å²) in [5.74, 6) is -1.05. The molecule has 29 heavy (non-hydrogen) atoms. The number of carbonyl (C=O) groups is 2. The van der Waals surface area contributed by atoms with Crippen LogP contribution in [0.25, 0.3) is 0 Å². The Kier molecular flexibility index (Phi) is 8.27. The number of carbonyl (C=O) groups excluding carboxylic acids is 2. The minimum Gasteiger partial charge on any atom is -0.492 e. The average Bonchev–Trinajstić information content (AvgIpc) is 2.68. The molecule has 0 fully saturated rings. The molecule has 0 aliphatic rings. The molecule has 0 atom stereocenters. The van der Waals surface area contributed by atoms with Crippen molar-refractivity contribution in [3.63, 3.8) is 0 Å². The minimum atomic E-state index is -4.00. The van der Waals surface area contributed by atoms with Crippen molar-refractivity contribution in [2.75, 3.05) is 25.1 Å². The Bertz CT molecular complexity index is 998. The molecule has 0 heterocycles. The molecule has 1 amide bonds. The fourth-order valence-corrected chi connectivity index (χ4v) is 3.47. The highest BCUT2D eigenvalue weighted by Crippen LogP contribution is 2.25. The molecule has 2 rings (SSSR count). The highest BCUT2D eigenvalue weighted by Gasteiger charge is 2.18. The van der Waals surface area contributed by atoms with Gasteiger partial charge < -0.3 is 14.8 Å². The SMILES string of the molecule is CCOc1ccccc1NC(=O)COC(=O)CNS(=O)(=O)c1ccc(Cl)c(Cl)c1. The van der Waals surface area contributed by atoms with Gasteiger partial charge in [-0.25, -0.2) is 8.42 Å². The molecule has 0 saturated heterocycles. The van der Waals surface area contributed by atoms with Crippen molar-refractivity contribution in [3.8, 4) is 5.75 Å². The number of amides is 1. The third-order valence-corrected chi connectivity index (χ3v) is 5.57. The van der Waals surface area contributed by atoms with Gasteiger partial charge >= 0.3 is 5.97 Å². The van der Waals surface area contributed by atoms with Crippen LogP contribution in [-0.2, 0) is 24.3 Å². The molecule has 0 spiro atoms. The first-order valence-electron chi connectivity index (χ1n) is 8.35. The predicted octanol–water partition coefficient (Wildman–Crippen LogP) is 2.85. The zero-order valence-corrected chi connectivity index (χ0v) is 17.6. The number of halogens is 2. The lowest BCUT2D eigenvalue weighted by Gasteiger charge is -2.11. The summed E-state index contributed by atoms with van der Waals surface area (Å²) in [6, 6.07) is 10.5. The van der Waals surface area contributed by atoms with Gasteiger partial charge in [-0.05, 0) is 37.3 Å². The third kappa shape index (κ3) is 6.90. The fourth-order valence-electron chi connectivity index (χ4n) is 2.12. The Morgan fingerprint density at radius 1 is 1.07 bits per heavy atom. The first kappa shape index (κ1) is 23.0. The van der Waals surface area contributed by atoms with E-state index in [-0.39, 0.29) is 14.9 Å². The molecule has 0 radical (unpaired) electrons. The Morgan fingerprint density at radius 2 is 1.79 bits per heavy atom. The number of sulfonamides is 1. The third-order valence-electron chi connectivity index (χ3n) is 3.43. The van der Waals surface area contributed by atoms with Crippen molar-refractivity contribution in [1.82, 2.24) is 4.72 Å². The second-order valence-electron chi connectivity index (χ2n) is 5.54. The van der Waals surface area contributed by atoms with Gasteiger partial charge in [0.05, 0.1) is 27.2 Å². The number of hydrogen-bond donors (Lipinski definition) is 2. The van der Waals surface area contributed by atoms with Gasteiger partial charge in [0.1, 0.15) is 12.3 Å².